The van der Waals surface area contributed by atoms with Crippen molar-refractivity contribution in [2.45, 2.75) is 18.9 Å². The Balaban J connectivity index is 1.26. The molecular formula is C29H32ClIN8O2. The van der Waals surface area contributed by atoms with E-state index in [4.69, 9.17) is 21.3 Å². The Morgan fingerprint density at radius 2 is 1.85 bits per heavy atom. The van der Waals surface area contributed by atoms with Gasteiger partial charge in [-0.15, -0.1) is 0 Å². The van der Waals surface area contributed by atoms with Crippen LogP contribution in [0.25, 0.3) is 11.0 Å². The number of aromatic nitrogens is 3. The molecule has 0 spiro atoms. The average Bonchev–Trinajstić information content (AvgIpc) is 3.37. The quantitative estimate of drug-likeness (QED) is 0.187. The third kappa shape index (κ3) is 6.53. The van der Waals surface area contributed by atoms with Crippen LogP contribution in [0.4, 0.5) is 28.7 Å². The second-order valence-electron chi connectivity index (χ2n) is 10.4. The fourth-order valence-electron chi connectivity index (χ4n) is 5.13. The number of rotatable bonds is 7. The van der Waals surface area contributed by atoms with E-state index in [1.807, 2.05) is 42.5 Å². The van der Waals surface area contributed by atoms with Crippen LogP contribution >= 0.6 is 34.2 Å². The third-order valence-electron chi connectivity index (χ3n) is 7.53. The average molecular weight is 687 g/mol. The summed E-state index contributed by atoms with van der Waals surface area (Å²) in [4.78, 5) is 23.1. The van der Waals surface area contributed by atoms with Gasteiger partial charge in [-0.05, 0) is 91.0 Å². The molecule has 0 unspecified atom stereocenters. The van der Waals surface area contributed by atoms with Crippen LogP contribution in [0.1, 0.15) is 23.2 Å². The van der Waals surface area contributed by atoms with Crippen molar-refractivity contribution in [3.8, 4) is 0 Å². The number of nitrogens with zero attached hydrogens (tertiary/aromatic N) is 4. The summed E-state index contributed by atoms with van der Waals surface area (Å²) >= 11 is 8.62. The molecule has 2 saturated heterocycles. The van der Waals surface area contributed by atoms with E-state index in [9.17, 15) is 4.79 Å². The number of carbonyl (C=O) groups is 1. The Bertz CT molecular complexity index is 1550. The Hall–Kier alpha value is -3.13. The molecule has 4 heterocycles. The van der Waals surface area contributed by atoms with Gasteiger partial charge in [0.1, 0.15) is 11.3 Å². The SMILES string of the molecule is CN1CCN(c2ccc(C(=O)Nc3n[nH]c4ccc(Nc5cc(I)ccc5Cl)nc34)c(NC3CCOCC3)c2)CC1. The first kappa shape index (κ1) is 28.0. The van der Waals surface area contributed by atoms with Gasteiger partial charge in [-0.3, -0.25) is 9.89 Å². The number of piperazine rings is 1. The van der Waals surface area contributed by atoms with Gasteiger partial charge < -0.3 is 30.5 Å². The molecule has 2 aromatic heterocycles. The smallest absolute Gasteiger partial charge is 0.259 e. The van der Waals surface area contributed by atoms with E-state index in [1.165, 1.54) is 0 Å². The molecule has 41 heavy (non-hydrogen) atoms. The van der Waals surface area contributed by atoms with Crippen LogP contribution in [-0.4, -0.2) is 78.5 Å². The zero-order valence-corrected chi connectivity index (χ0v) is 25.6. The van der Waals surface area contributed by atoms with Gasteiger partial charge in [0, 0.05) is 60.4 Å². The summed E-state index contributed by atoms with van der Waals surface area (Å²) in [7, 11) is 2.15. The topological polar surface area (TPSA) is 110 Å². The van der Waals surface area contributed by atoms with Crippen molar-refractivity contribution in [3.05, 3.63) is 62.7 Å². The first-order chi connectivity index (χ1) is 19.9. The standard InChI is InChI=1S/C29H32ClIN8O2/c1-38-10-12-39(13-11-38)20-3-4-21(24(17-20)32-19-8-14-41-15-9-19)29(40)35-28-27-23(36-37-28)6-7-26(34-27)33-25-16-18(31)2-5-22(25)30/h2-7,16-17,19,32H,8-15H2,1H3,(H,33,34)(H2,35,36,37,40). The minimum atomic E-state index is -0.251. The molecule has 0 saturated carbocycles. The second-order valence-corrected chi connectivity index (χ2v) is 12.1. The van der Waals surface area contributed by atoms with Gasteiger partial charge in [-0.25, -0.2) is 4.98 Å². The zero-order chi connectivity index (χ0) is 28.3. The number of nitrogens with one attached hydrogen (secondary N) is 4. The highest BCUT2D eigenvalue weighted by molar-refractivity contribution is 14.1. The minimum Gasteiger partial charge on any atom is -0.381 e. The summed E-state index contributed by atoms with van der Waals surface area (Å²) < 4.78 is 6.60. The third-order valence-corrected chi connectivity index (χ3v) is 8.53. The lowest BCUT2D eigenvalue weighted by Crippen LogP contribution is -2.44. The number of amides is 1. The van der Waals surface area contributed by atoms with Crippen molar-refractivity contribution in [3.63, 3.8) is 0 Å². The maximum absolute atomic E-state index is 13.7. The summed E-state index contributed by atoms with van der Waals surface area (Å²) in [5, 5.41) is 17.8. The predicted octanol–water partition coefficient (Wildman–Crippen LogP) is 5.55. The van der Waals surface area contributed by atoms with E-state index < -0.39 is 0 Å². The molecule has 10 nitrogen and oxygen atoms in total. The number of hydrogen-bond acceptors (Lipinski definition) is 8. The number of likely N-dealkylation sites (N-methyl/N-ethyl adjacent to an activating group) is 1. The monoisotopic (exact) mass is 686 g/mol. The number of pyridine rings is 1. The molecular weight excluding hydrogens is 655 g/mol. The molecule has 4 aromatic rings. The summed E-state index contributed by atoms with van der Waals surface area (Å²) in [6.45, 7) is 5.35. The van der Waals surface area contributed by atoms with E-state index in [0.717, 1.165) is 59.7 Å². The number of carbonyl (C=O) groups excluding carboxylic acids is 1. The molecule has 2 aliphatic heterocycles. The van der Waals surface area contributed by atoms with Crippen LogP contribution in [0, 0.1) is 3.57 Å². The van der Waals surface area contributed by atoms with Gasteiger partial charge >= 0.3 is 0 Å². The Kier molecular flexibility index (Phi) is 8.47. The highest BCUT2D eigenvalue weighted by Crippen LogP contribution is 2.30. The van der Waals surface area contributed by atoms with Gasteiger partial charge in [0.05, 0.1) is 21.8 Å². The Labute approximate surface area is 257 Å². The van der Waals surface area contributed by atoms with Crippen molar-refractivity contribution in [1.82, 2.24) is 20.1 Å². The maximum Gasteiger partial charge on any atom is 0.259 e. The van der Waals surface area contributed by atoms with Crippen molar-refractivity contribution in [1.29, 1.82) is 0 Å². The molecule has 0 bridgehead atoms. The Morgan fingerprint density at radius 3 is 2.66 bits per heavy atom. The fraction of sp³-hybridized carbons (Fsp3) is 0.345. The number of ether oxygens (including phenoxy) is 1. The van der Waals surface area contributed by atoms with E-state index in [2.05, 4.69) is 71.7 Å². The van der Waals surface area contributed by atoms with Crippen LogP contribution in [0.5, 0.6) is 0 Å². The van der Waals surface area contributed by atoms with Crippen molar-refractivity contribution in [2.24, 2.45) is 0 Å². The normalized spacial score (nSPS) is 16.6. The van der Waals surface area contributed by atoms with Gasteiger partial charge in [0.25, 0.3) is 5.91 Å². The second kappa shape index (κ2) is 12.4. The zero-order valence-electron chi connectivity index (χ0n) is 22.7. The fourth-order valence-corrected chi connectivity index (χ4v) is 5.79. The molecule has 0 atom stereocenters. The summed E-state index contributed by atoms with van der Waals surface area (Å²) in [6, 6.07) is 15.7. The number of aromatic amines is 1. The maximum atomic E-state index is 13.7. The van der Waals surface area contributed by atoms with Gasteiger partial charge in [-0.1, -0.05) is 11.6 Å². The molecule has 1 amide bonds. The van der Waals surface area contributed by atoms with E-state index in [-0.39, 0.29) is 11.9 Å². The van der Waals surface area contributed by atoms with E-state index >= 15 is 0 Å². The van der Waals surface area contributed by atoms with E-state index in [1.54, 1.807) is 0 Å². The van der Waals surface area contributed by atoms with Crippen LogP contribution in [0.15, 0.2) is 48.5 Å². The molecule has 0 radical (unpaired) electrons. The molecule has 6 rings (SSSR count). The first-order valence-corrected chi connectivity index (χ1v) is 15.2. The summed E-state index contributed by atoms with van der Waals surface area (Å²) in [6.07, 6.45) is 1.79. The van der Waals surface area contributed by atoms with Crippen LogP contribution in [0.2, 0.25) is 5.02 Å². The van der Waals surface area contributed by atoms with Gasteiger partial charge in [0.15, 0.2) is 5.82 Å². The number of H-pyrrole nitrogens is 1. The van der Waals surface area contributed by atoms with Crippen LogP contribution in [-0.2, 0) is 4.74 Å². The highest BCUT2D eigenvalue weighted by atomic mass is 127. The van der Waals surface area contributed by atoms with E-state index in [0.29, 0.717) is 46.5 Å². The molecule has 2 aliphatic rings. The number of hydrogen-bond donors (Lipinski definition) is 4. The van der Waals surface area contributed by atoms with Crippen LogP contribution in [0.3, 0.4) is 0 Å². The molecule has 0 aliphatic carbocycles. The lowest BCUT2D eigenvalue weighted by atomic mass is 10.1. The molecule has 2 fully saturated rings. The lowest BCUT2D eigenvalue weighted by Gasteiger charge is -2.34. The number of anilines is 5. The summed E-state index contributed by atoms with van der Waals surface area (Å²) in [5.41, 5.74) is 4.51. The number of fused-ring (bicyclic) bond motifs is 1. The molecule has 12 heteroatoms. The molecule has 2 aromatic carbocycles. The largest absolute Gasteiger partial charge is 0.381 e. The van der Waals surface area contributed by atoms with Crippen molar-refractivity contribution in [2.75, 3.05) is 67.3 Å². The van der Waals surface area contributed by atoms with Crippen molar-refractivity contribution < 1.29 is 9.53 Å². The highest BCUT2D eigenvalue weighted by Gasteiger charge is 2.22. The predicted molar refractivity (Wildman–Crippen MR) is 173 cm³/mol. The van der Waals surface area contributed by atoms with Gasteiger partial charge in [-0.2, -0.15) is 5.10 Å². The first-order valence-electron chi connectivity index (χ1n) is 13.7. The van der Waals surface area contributed by atoms with Crippen molar-refractivity contribution >= 4 is 79.8 Å². The summed E-state index contributed by atoms with van der Waals surface area (Å²) in [5.74, 6) is 0.706. The van der Waals surface area contributed by atoms with Gasteiger partial charge in [0.2, 0.25) is 0 Å². The minimum absolute atomic E-state index is 0.243. The number of halogens is 2. The molecule has 4 N–H and O–H groups in total. The van der Waals surface area contributed by atoms with Crippen LogP contribution < -0.4 is 20.9 Å². The Morgan fingerprint density at radius 1 is 1.05 bits per heavy atom. The lowest BCUT2D eigenvalue weighted by molar-refractivity contribution is 0.0904. The number of benzene rings is 2. The molecule has 214 valence electrons.